The smallest absolute Gasteiger partial charge is 0.251 e. The first kappa shape index (κ1) is 21.1. The number of fused-ring (bicyclic) bond motifs is 1. The maximum absolute atomic E-state index is 12.2. The maximum atomic E-state index is 12.2. The standard InChI is InChI=1S/C21H28N6OS/c1-14(2)12-23-18-17-13-24-27(19(17)26-21(25-18)29-15(3)4)11-10-22-20(28)16-8-6-5-7-9-16/h5-9,13-15H,10-12H2,1-4H3,(H,22,28)(H,23,25,26). The van der Waals surface area contributed by atoms with E-state index in [0.717, 1.165) is 28.6 Å². The fourth-order valence-corrected chi connectivity index (χ4v) is 3.47. The first-order chi connectivity index (χ1) is 13.9. The second-order valence-corrected chi connectivity index (χ2v) is 9.07. The number of amides is 1. The fraction of sp³-hybridized carbons (Fsp3) is 0.429. The second kappa shape index (κ2) is 9.73. The molecule has 0 atom stereocenters. The van der Waals surface area contributed by atoms with Crippen LogP contribution in [0.4, 0.5) is 5.82 Å². The number of nitrogens with one attached hydrogen (secondary N) is 2. The number of hydrogen-bond acceptors (Lipinski definition) is 6. The molecule has 0 spiro atoms. The second-order valence-electron chi connectivity index (χ2n) is 7.52. The minimum atomic E-state index is -0.0907. The van der Waals surface area contributed by atoms with Crippen molar-refractivity contribution in [1.29, 1.82) is 0 Å². The summed E-state index contributed by atoms with van der Waals surface area (Å²) in [5.74, 6) is 1.22. The van der Waals surface area contributed by atoms with Gasteiger partial charge >= 0.3 is 0 Å². The summed E-state index contributed by atoms with van der Waals surface area (Å²) in [6, 6.07) is 9.20. The normalized spacial score (nSPS) is 11.4. The number of carbonyl (C=O) groups excluding carboxylic acids is 1. The summed E-state index contributed by atoms with van der Waals surface area (Å²) in [7, 11) is 0. The molecule has 1 aromatic carbocycles. The molecule has 3 aromatic rings. The molecule has 2 aromatic heterocycles. The van der Waals surface area contributed by atoms with Crippen molar-refractivity contribution in [3.8, 4) is 0 Å². The molecule has 0 bridgehead atoms. The van der Waals surface area contributed by atoms with E-state index in [9.17, 15) is 4.79 Å². The van der Waals surface area contributed by atoms with Crippen molar-refractivity contribution in [3.05, 3.63) is 42.1 Å². The third-order valence-electron chi connectivity index (χ3n) is 4.14. The van der Waals surface area contributed by atoms with Crippen molar-refractivity contribution in [2.24, 2.45) is 5.92 Å². The van der Waals surface area contributed by atoms with Gasteiger partial charge < -0.3 is 10.6 Å². The minimum absolute atomic E-state index is 0.0907. The van der Waals surface area contributed by atoms with Gasteiger partial charge in [-0.25, -0.2) is 14.6 Å². The topological polar surface area (TPSA) is 84.7 Å². The first-order valence-electron chi connectivity index (χ1n) is 9.91. The summed E-state index contributed by atoms with van der Waals surface area (Å²) in [6.07, 6.45) is 1.79. The van der Waals surface area contributed by atoms with E-state index >= 15 is 0 Å². The molecule has 3 rings (SSSR count). The van der Waals surface area contributed by atoms with E-state index in [2.05, 4.69) is 43.4 Å². The number of benzene rings is 1. The molecule has 0 fully saturated rings. The monoisotopic (exact) mass is 412 g/mol. The lowest BCUT2D eigenvalue weighted by Gasteiger charge is -2.12. The average Bonchev–Trinajstić information content (AvgIpc) is 3.09. The Morgan fingerprint density at radius 1 is 1.14 bits per heavy atom. The first-order valence-corrected chi connectivity index (χ1v) is 10.8. The van der Waals surface area contributed by atoms with Gasteiger partial charge in [0.2, 0.25) is 0 Å². The van der Waals surface area contributed by atoms with Crippen LogP contribution in [-0.4, -0.2) is 44.0 Å². The van der Waals surface area contributed by atoms with Crippen molar-refractivity contribution >= 4 is 34.5 Å². The predicted molar refractivity (Wildman–Crippen MR) is 118 cm³/mol. The number of hydrogen-bond donors (Lipinski definition) is 2. The summed E-state index contributed by atoms with van der Waals surface area (Å²) in [6.45, 7) is 10.4. The van der Waals surface area contributed by atoms with Gasteiger partial charge in [-0.1, -0.05) is 57.7 Å². The Kier molecular flexibility index (Phi) is 7.09. The Bertz CT molecular complexity index is 954. The molecule has 0 unspecified atom stereocenters. The molecule has 2 N–H and O–H groups in total. The highest BCUT2D eigenvalue weighted by molar-refractivity contribution is 7.99. The maximum Gasteiger partial charge on any atom is 0.251 e. The van der Waals surface area contributed by atoms with Crippen LogP contribution in [0.3, 0.4) is 0 Å². The number of thioether (sulfide) groups is 1. The molecule has 0 radical (unpaired) electrons. The zero-order valence-corrected chi connectivity index (χ0v) is 18.2. The average molecular weight is 413 g/mol. The van der Waals surface area contributed by atoms with Gasteiger partial charge in [0, 0.05) is 23.9 Å². The highest BCUT2D eigenvalue weighted by Crippen LogP contribution is 2.26. The highest BCUT2D eigenvalue weighted by atomic mass is 32.2. The van der Waals surface area contributed by atoms with Crippen LogP contribution in [0.25, 0.3) is 11.0 Å². The van der Waals surface area contributed by atoms with Gasteiger partial charge in [0.1, 0.15) is 5.82 Å². The van der Waals surface area contributed by atoms with E-state index < -0.39 is 0 Å². The Hall–Kier alpha value is -2.61. The Balaban J connectivity index is 1.77. The van der Waals surface area contributed by atoms with Gasteiger partial charge in [-0.2, -0.15) is 5.10 Å². The lowest BCUT2D eigenvalue weighted by atomic mass is 10.2. The number of rotatable bonds is 9. The lowest BCUT2D eigenvalue weighted by molar-refractivity contribution is 0.0952. The number of aromatic nitrogens is 4. The molecule has 0 saturated heterocycles. The van der Waals surface area contributed by atoms with Gasteiger partial charge in [0.25, 0.3) is 5.91 Å². The number of nitrogens with zero attached hydrogens (tertiary/aromatic N) is 4. The molecule has 2 heterocycles. The van der Waals surface area contributed by atoms with Crippen LogP contribution in [0.5, 0.6) is 0 Å². The van der Waals surface area contributed by atoms with Crippen LogP contribution in [0, 0.1) is 5.92 Å². The Morgan fingerprint density at radius 2 is 1.90 bits per heavy atom. The van der Waals surface area contributed by atoms with E-state index in [1.54, 1.807) is 30.1 Å². The lowest BCUT2D eigenvalue weighted by Crippen LogP contribution is -2.27. The molecule has 7 nitrogen and oxygen atoms in total. The number of carbonyl (C=O) groups is 1. The molecule has 0 saturated carbocycles. The van der Waals surface area contributed by atoms with Crippen LogP contribution < -0.4 is 10.6 Å². The summed E-state index contributed by atoms with van der Waals surface area (Å²) in [4.78, 5) is 21.6. The van der Waals surface area contributed by atoms with Crippen LogP contribution in [-0.2, 0) is 6.54 Å². The van der Waals surface area contributed by atoms with Gasteiger partial charge in [-0.3, -0.25) is 4.79 Å². The van der Waals surface area contributed by atoms with Crippen molar-refractivity contribution < 1.29 is 4.79 Å². The van der Waals surface area contributed by atoms with Crippen LogP contribution >= 0.6 is 11.8 Å². The molecular formula is C21H28N6OS. The quantitative estimate of drug-likeness (QED) is 0.410. The van der Waals surface area contributed by atoms with E-state index in [4.69, 9.17) is 9.97 Å². The largest absolute Gasteiger partial charge is 0.369 e. The van der Waals surface area contributed by atoms with Crippen LogP contribution in [0.1, 0.15) is 38.1 Å². The Morgan fingerprint density at radius 3 is 2.59 bits per heavy atom. The van der Waals surface area contributed by atoms with Gasteiger partial charge in [-0.15, -0.1) is 0 Å². The molecule has 8 heteroatoms. The molecule has 0 aliphatic carbocycles. The molecule has 0 aliphatic rings. The summed E-state index contributed by atoms with van der Waals surface area (Å²) >= 11 is 1.63. The van der Waals surface area contributed by atoms with Crippen molar-refractivity contribution in [3.63, 3.8) is 0 Å². The summed E-state index contributed by atoms with van der Waals surface area (Å²) in [5, 5.41) is 12.9. The fourth-order valence-electron chi connectivity index (χ4n) is 2.76. The predicted octanol–water partition coefficient (Wildman–Crippen LogP) is 3.82. The zero-order chi connectivity index (χ0) is 20.8. The van der Waals surface area contributed by atoms with Gasteiger partial charge in [-0.05, 0) is 18.1 Å². The molecule has 1 amide bonds. The molecule has 154 valence electrons. The van der Waals surface area contributed by atoms with Crippen molar-refractivity contribution in [1.82, 2.24) is 25.1 Å². The molecule has 29 heavy (non-hydrogen) atoms. The minimum Gasteiger partial charge on any atom is -0.369 e. The highest BCUT2D eigenvalue weighted by Gasteiger charge is 2.15. The van der Waals surface area contributed by atoms with E-state index in [-0.39, 0.29) is 5.91 Å². The SMILES string of the molecule is CC(C)CNc1nc(SC(C)C)nc2c1cnn2CCNC(=O)c1ccccc1. The zero-order valence-electron chi connectivity index (χ0n) is 17.3. The van der Waals surface area contributed by atoms with Crippen LogP contribution in [0.2, 0.25) is 0 Å². The van der Waals surface area contributed by atoms with Gasteiger partial charge in [0.15, 0.2) is 10.8 Å². The summed E-state index contributed by atoms with van der Waals surface area (Å²) in [5.41, 5.74) is 1.43. The molecule has 0 aliphatic heterocycles. The van der Waals surface area contributed by atoms with Crippen LogP contribution in [0.15, 0.2) is 41.7 Å². The van der Waals surface area contributed by atoms with E-state index in [0.29, 0.717) is 29.8 Å². The van der Waals surface area contributed by atoms with Crippen molar-refractivity contribution in [2.45, 2.75) is 44.6 Å². The molecular weight excluding hydrogens is 384 g/mol. The van der Waals surface area contributed by atoms with E-state index in [1.165, 1.54) is 0 Å². The third kappa shape index (κ3) is 5.69. The van der Waals surface area contributed by atoms with Crippen molar-refractivity contribution in [2.75, 3.05) is 18.4 Å². The Labute approximate surface area is 175 Å². The third-order valence-corrected chi connectivity index (χ3v) is 5.00. The van der Waals surface area contributed by atoms with Gasteiger partial charge in [0.05, 0.1) is 18.1 Å². The summed E-state index contributed by atoms with van der Waals surface area (Å²) < 4.78 is 1.83. The number of anilines is 1. The van der Waals surface area contributed by atoms with E-state index in [1.807, 2.05) is 22.9 Å².